The van der Waals surface area contributed by atoms with Crippen LogP contribution in [-0.2, 0) is 4.79 Å². The molecule has 1 saturated heterocycles. The molecule has 0 radical (unpaired) electrons. The summed E-state index contributed by atoms with van der Waals surface area (Å²) < 4.78 is 12.9. The predicted octanol–water partition coefficient (Wildman–Crippen LogP) is 1.78. The highest BCUT2D eigenvalue weighted by Crippen LogP contribution is 2.32. The average molecular weight is 465 g/mol. The number of aromatic nitrogens is 4. The Kier molecular flexibility index (Phi) is 5.62. The van der Waals surface area contributed by atoms with Gasteiger partial charge in [-0.05, 0) is 30.3 Å². The maximum atomic E-state index is 11.1. The minimum absolute atomic E-state index is 0.0265. The number of hydrogen-bond donors (Lipinski definition) is 1. The van der Waals surface area contributed by atoms with Gasteiger partial charge in [-0.15, -0.1) is 6.42 Å². The Bertz CT molecular complexity index is 1480. The first-order valence-corrected chi connectivity index (χ1v) is 10.7. The highest BCUT2D eigenvalue weighted by atomic mass is 16.5. The zero-order valence-corrected chi connectivity index (χ0v) is 18.5. The summed E-state index contributed by atoms with van der Waals surface area (Å²) in [7, 11) is 0. The molecule has 1 amide bonds. The predicted molar refractivity (Wildman–Crippen MR) is 127 cm³/mol. The molecule has 1 aliphatic heterocycles. The number of terminal acetylenes is 1. The van der Waals surface area contributed by atoms with Crippen LogP contribution >= 0.6 is 0 Å². The van der Waals surface area contributed by atoms with Crippen molar-refractivity contribution in [1.82, 2.24) is 19.6 Å². The van der Waals surface area contributed by atoms with Crippen molar-refractivity contribution in [3.8, 4) is 41.0 Å². The number of carbonyl (C=O) groups excluding carboxylic acids is 1. The van der Waals surface area contributed by atoms with Gasteiger partial charge in [-0.25, -0.2) is 14.5 Å². The minimum Gasteiger partial charge on any atom is -0.485 e. The Balaban J connectivity index is 1.32. The van der Waals surface area contributed by atoms with Crippen molar-refractivity contribution in [2.45, 2.75) is 6.10 Å². The van der Waals surface area contributed by atoms with Gasteiger partial charge in [0.2, 0.25) is 0 Å². The van der Waals surface area contributed by atoms with Gasteiger partial charge in [0.05, 0.1) is 42.8 Å². The number of nitrogens with zero attached hydrogens (tertiary/aromatic N) is 6. The summed E-state index contributed by atoms with van der Waals surface area (Å²) in [5.74, 6) is 3.77. The lowest BCUT2D eigenvalue weighted by atomic mass is 10.0. The first-order valence-electron chi connectivity index (χ1n) is 10.7. The molecule has 10 heteroatoms. The van der Waals surface area contributed by atoms with Gasteiger partial charge in [-0.2, -0.15) is 10.4 Å². The van der Waals surface area contributed by atoms with Gasteiger partial charge in [-0.1, -0.05) is 5.92 Å². The number of anilines is 1. The van der Waals surface area contributed by atoms with Crippen molar-refractivity contribution in [2.24, 2.45) is 5.73 Å². The summed E-state index contributed by atoms with van der Waals surface area (Å²) in [5.41, 5.74) is 8.27. The molecule has 0 atom stereocenters. The Hall–Kier alpha value is -5.09. The summed E-state index contributed by atoms with van der Waals surface area (Å²) in [6.07, 6.45) is 11.8. The molecule has 35 heavy (non-hydrogen) atoms. The Labute approximate surface area is 200 Å². The van der Waals surface area contributed by atoms with Crippen LogP contribution in [0.2, 0.25) is 0 Å². The maximum absolute atomic E-state index is 11.1. The van der Waals surface area contributed by atoms with Crippen molar-refractivity contribution < 1.29 is 14.3 Å². The molecule has 0 saturated carbocycles. The zero-order valence-electron chi connectivity index (χ0n) is 18.5. The highest BCUT2D eigenvalue weighted by Gasteiger charge is 2.29. The Morgan fingerprint density at radius 2 is 2.03 bits per heavy atom. The summed E-state index contributed by atoms with van der Waals surface area (Å²) in [5, 5.41) is 13.7. The van der Waals surface area contributed by atoms with Gasteiger partial charge in [0.1, 0.15) is 35.2 Å². The van der Waals surface area contributed by atoms with E-state index in [2.05, 4.69) is 32.0 Å². The van der Waals surface area contributed by atoms with Crippen LogP contribution in [0.5, 0.6) is 11.5 Å². The molecule has 4 aromatic heterocycles. The van der Waals surface area contributed by atoms with Crippen LogP contribution in [0.15, 0.2) is 55.1 Å². The number of primary amides is 1. The van der Waals surface area contributed by atoms with Crippen LogP contribution in [0.3, 0.4) is 0 Å². The first-order chi connectivity index (χ1) is 17.0. The molecule has 1 fully saturated rings. The van der Waals surface area contributed by atoms with Gasteiger partial charge >= 0.3 is 0 Å². The van der Waals surface area contributed by atoms with E-state index in [-0.39, 0.29) is 12.7 Å². The molecular weight excluding hydrogens is 446 g/mol. The lowest BCUT2D eigenvalue weighted by Gasteiger charge is -2.39. The number of nitriles is 1. The van der Waals surface area contributed by atoms with E-state index in [0.717, 1.165) is 11.4 Å². The molecular formula is C25H19N7O3. The maximum Gasteiger partial charge on any atom is 0.255 e. The van der Waals surface area contributed by atoms with E-state index >= 15 is 0 Å². The monoisotopic (exact) mass is 465 g/mol. The van der Waals surface area contributed by atoms with Crippen molar-refractivity contribution in [3.05, 3.63) is 66.4 Å². The van der Waals surface area contributed by atoms with Gasteiger partial charge in [0.15, 0.2) is 6.61 Å². The van der Waals surface area contributed by atoms with Crippen LogP contribution in [0, 0.1) is 23.7 Å². The van der Waals surface area contributed by atoms with E-state index in [1.807, 2.05) is 18.2 Å². The van der Waals surface area contributed by atoms with E-state index in [1.165, 1.54) is 6.20 Å². The lowest BCUT2D eigenvalue weighted by molar-refractivity contribution is -0.119. The van der Waals surface area contributed by atoms with Gasteiger partial charge in [0.25, 0.3) is 5.91 Å². The van der Waals surface area contributed by atoms with Crippen LogP contribution in [-0.4, -0.2) is 51.3 Å². The van der Waals surface area contributed by atoms with Crippen LogP contribution in [0.4, 0.5) is 5.82 Å². The fourth-order valence-corrected chi connectivity index (χ4v) is 3.79. The number of fused-ring (bicyclic) bond motifs is 1. The second-order valence-electron chi connectivity index (χ2n) is 7.88. The van der Waals surface area contributed by atoms with Crippen molar-refractivity contribution >= 4 is 17.2 Å². The third-order valence-electron chi connectivity index (χ3n) is 5.51. The van der Waals surface area contributed by atoms with Crippen molar-refractivity contribution in [2.75, 3.05) is 24.6 Å². The number of rotatable bonds is 7. The number of amides is 1. The molecule has 10 nitrogen and oxygen atoms in total. The van der Waals surface area contributed by atoms with E-state index < -0.39 is 5.91 Å². The molecule has 172 valence electrons. The molecule has 0 aromatic carbocycles. The SMILES string of the molecule is C#Cc1ccc(OC2CN(c3ccc(-c4cc(OCC(N)=O)cn5ncc(C#N)c45)cn3)C2)cn1. The summed E-state index contributed by atoms with van der Waals surface area (Å²) in [6, 6.07) is 11.3. The summed E-state index contributed by atoms with van der Waals surface area (Å²) in [4.78, 5) is 22.0. The molecule has 2 N–H and O–H groups in total. The zero-order chi connectivity index (χ0) is 24.4. The topological polar surface area (TPSA) is 132 Å². The molecule has 5 heterocycles. The highest BCUT2D eigenvalue weighted by molar-refractivity contribution is 5.85. The van der Waals surface area contributed by atoms with Crippen LogP contribution < -0.4 is 20.1 Å². The molecule has 4 aromatic rings. The number of ether oxygens (including phenoxy) is 2. The number of nitrogens with two attached hydrogens (primary N) is 1. The molecule has 0 unspecified atom stereocenters. The second kappa shape index (κ2) is 9.04. The smallest absolute Gasteiger partial charge is 0.255 e. The van der Waals surface area contributed by atoms with E-state index in [9.17, 15) is 10.1 Å². The fourth-order valence-electron chi connectivity index (χ4n) is 3.79. The quantitative estimate of drug-likeness (QED) is 0.409. The Morgan fingerprint density at radius 3 is 2.69 bits per heavy atom. The fraction of sp³-hybridized carbons (Fsp3) is 0.160. The standard InChI is InChI=1S/C25H19N7O3/c1-2-18-4-5-19(11-28-18)35-21-12-31(13-21)24-6-3-16(9-29-24)22-7-20(34-15-23(27)33)14-32-25(22)17(8-26)10-30-32/h1,3-7,9-11,14,21H,12-13,15H2,(H2,27,33). The van der Waals surface area contributed by atoms with E-state index in [4.69, 9.17) is 21.6 Å². The minimum atomic E-state index is -0.589. The van der Waals surface area contributed by atoms with Crippen molar-refractivity contribution in [1.29, 1.82) is 5.26 Å². The summed E-state index contributed by atoms with van der Waals surface area (Å²) in [6.45, 7) is 1.10. The van der Waals surface area contributed by atoms with E-state index in [1.54, 1.807) is 35.2 Å². The van der Waals surface area contributed by atoms with E-state index in [0.29, 0.717) is 46.9 Å². The lowest BCUT2D eigenvalue weighted by Crippen LogP contribution is -2.54. The molecule has 1 aliphatic rings. The third-order valence-corrected chi connectivity index (χ3v) is 5.51. The van der Waals surface area contributed by atoms with Crippen molar-refractivity contribution in [3.63, 3.8) is 0 Å². The normalized spacial score (nSPS) is 13.0. The number of hydrogen-bond acceptors (Lipinski definition) is 8. The summed E-state index contributed by atoms with van der Waals surface area (Å²) >= 11 is 0. The van der Waals surface area contributed by atoms with Gasteiger partial charge < -0.3 is 20.1 Å². The largest absolute Gasteiger partial charge is 0.485 e. The number of carbonyl (C=O) groups is 1. The third kappa shape index (κ3) is 4.41. The second-order valence-corrected chi connectivity index (χ2v) is 7.88. The van der Waals surface area contributed by atoms with Crippen LogP contribution in [0.25, 0.3) is 16.6 Å². The Morgan fingerprint density at radius 1 is 1.17 bits per heavy atom. The molecule has 0 aliphatic carbocycles. The van der Waals surface area contributed by atoms with Gasteiger partial charge in [0, 0.05) is 17.3 Å². The molecule has 0 bridgehead atoms. The first kappa shape index (κ1) is 21.7. The molecule has 0 spiro atoms. The number of pyridine rings is 3. The molecule has 5 rings (SSSR count). The van der Waals surface area contributed by atoms with Gasteiger partial charge in [-0.3, -0.25) is 4.79 Å². The average Bonchev–Trinajstić information content (AvgIpc) is 3.28. The van der Waals surface area contributed by atoms with Crippen LogP contribution in [0.1, 0.15) is 11.3 Å².